The number of thiazole rings is 1. The Morgan fingerprint density at radius 3 is 2.77 bits per heavy atom. The van der Waals surface area contributed by atoms with Crippen LogP contribution < -0.4 is 4.74 Å². The Morgan fingerprint density at radius 2 is 2.09 bits per heavy atom. The maximum Gasteiger partial charge on any atom is 0.311 e. The molecule has 1 aromatic carbocycles. The van der Waals surface area contributed by atoms with Crippen LogP contribution in [0.3, 0.4) is 0 Å². The van der Waals surface area contributed by atoms with E-state index < -0.39 is 0 Å². The maximum absolute atomic E-state index is 11.7. The third-order valence-corrected chi connectivity index (χ3v) is 4.24. The van der Waals surface area contributed by atoms with E-state index in [0.29, 0.717) is 18.6 Å². The zero-order valence-corrected chi connectivity index (χ0v) is 13.9. The van der Waals surface area contributed by atoms with E-state index in [1.54, 1.807) is 11.3 Å². The van der Waals surface area contributed by atoms with Gasteiger partial charge in [-0.1, -0.05) is 25.5 Å². The highest BCUT2D eigenvalue weighted by atomic mass is 32.1. The van der Waals surface area contributed by atoms with Crippen molar-refractivity contribution in [3.8, 4) is 16.3 Å². The standard InChI is InChI=1S/C18H21NO2S/c1-3-5-6-8-17(20)21-15-11-9-14(10-12-15)18-19-13-16(22-18)7-4-2/h3,5,9-13H,4,6-8H2,1-2H3. The van der Waals surface area contributed by atoms with Crippen molar-refractivity contribution in [2.24, 2.45) is 0 Å². The van der Waals surface area contributed by atoms with Gasteiger partial charge >= 0.3 is 5.97 Å². The molecule has 2 aromatic rings. The third kappa shape index (κ3) is 4.81. The van der Waals surface area contributed by atoms with Crippen molar-refractivity contribution in [2.45, 2.75) is 39.5 Å². The molecule has 0 saturated heterocycles. The molecule has 0 spiro atoms. The van der Waals surface area contributed by atoms with E-state index >= 15 is 0 Å². The first-order chi connectivity index (χ1) is 10.7. The van der Waals surface area contributed by atoms with Crippen LogP contribution in [-0.4, -0.2) is 11.0 Å². The molecule has 0 saturated carbocycles. The lowest BCUT2D eigenvalue weighted by molar-refractivity contribution is -0.134. The maximum atomic E-state index is 11.7. The second-order valence-electron chi connectivity index (χ2n) is 4.99. The summed E-state index contributed by atoms with van der Waals surface area (Å²) in [6.07, 6.45) is 9.15. The average molecular weight is 315 g/mol. The van der Waals surface area contributed by atoms with Crippen molar-refractivity contribution in [2.75, 3.05) is 0 Å². The largest absolute Gasteiger partial charge is 0.427 e. The van der Waals surface area contributed by atoms with Gasteiger partial charge in [-0.05, 0) is 44.0 Å². The number of nitrogens with zero attached hydrogens (tertiary/aromatic N) is 1. The van der Waals surface area contributed by atoms with E-state index in [0.717, 1.165) is 23.4 Å². The molecule has 0 unspecified atom stereocenters. The third-order valence-electron chi connectivity index (χ3n) is 3.13. The molecule has 0 aliphatic rings. The highest BCUT2D eigenvalue weighted by Gasteiger charge is 2.07. The summed E-state index contributed by atoms with van der Waals surface area (Å²) in [5.41, 5.74) is 1.06. The Kier molecular flexibility index (Phi) is 6.34. The van der Waals surface area contributed by atoms with E-state index in [-0.39, 0.29) is 5.97 Å². The first kappa shape index (κ1) is 16.4. The number of hydrogen-bond acceptors (Lipinski definition) is 4. The van der Waals surface area contributed by atoms with Gasteiger partial charge in [0.25, 0.3) is 0 Å². The smallest absolute Gasteiger partial charge is 0.311 e. The van der Waals surface area contributed by atoms with Crippen LogP contribution in [-0.2, 0) is 11.2 Å². The number of rotatable bonds is 7. The molecule has 0 radical (unpaired) electrons. The van der Waals surface area contributed by atoms with Gasteiger partial charge in [0.1, 0.15) is 10.8 Å². The fraction of sp³-hybridized carbons (Fsp3) is 0.333. The summed E-state index contributed by atoms with van der Waals surface area (Å²) in [6, 6.07) is 7.54. The van der Waals surface area contributed by atoms with Crippen molar-refractivity contribution < 1.29 is 9.53 Å². The van der Waals surface area contributed by atoms with Crippen molar-refractivity contribution in [1.82, 2.24) is 4.98 Å². The van der Waals surface area contributed by atoms with Crippen molar-refractivity contribution >= 4 is 17.3 Å². The van der Waals surface area contributed by atoms with E-state index in [2.05, 4.69) is 11.9 Å². The van der Waals surface area contributed by atoms with Gasteiger partial charge in [0.2, 0.25) is 0 Å². The first-order valence-corrected chi connectivity index (χ1v) is 8.41. The second kappa shape index (κ2) is 8.49. The van der Waals surface area contributed by atoms with Crippen LogP contribution in [0.15, 0.2) is 42.6 Å². The lowest BCUT2D eigenvalue weighted by Gasteiger charge is -2.04. The Balaban J connectivity index is 1.96. The molecule has 22 heavy (non-hydrogen) atoms. The monoisotopic (exact) mass is 315 g/mol. The molecule has 4 heteroatoms. The van der Waals surface area contributed by atoms with Crippen molar-refractivity contribution in [3.63, 3.8) is 0 Å². The van der Waals surface area contributed by atoms with Crippen molar-refractivity contribution in [1.29, 1.82) is 0 Å². The van der Waals surface area contributed by atoms with Gasteiger partial charge in [0.05, 0.1) is 0 Å². The summed E-state index contributed by atoms with van der Waals surface area (Å²) in [5, 5.41) is 1.01. The quantitative estimate of drug-likeness (QED) is 0.409. The fourth-order valence-electron chi connectivity index (χ4n) is 2.02. The van der Waals surface area contributed by atoms with Crippen LogP contribution in [0.4, 0.5) is 0 Å². The number of aryl methyl sites for hydroxylation is 1. The molecule has 0 amide bonds. The normalized spacial score (nSPS) is 11.0. The number of carbonyl (C=O) groups excluding carboxylic acids is 1. The van der Waals surface area contributed by atoms with E-state index in [1.807, 2.05) is 49.5 Å². The molecule has 2 rings (SSSR count). The molecule has 0 aliphatic carbocycles. The molecule has 1 aromatic heterocycles. The minimum atomic E-state index is -0.203. The molecule has 0 aliphatic heterocycles. The van der Waals surface area contributed by atoms with Gasteiger partial charge in [-0.3, -0.25) is 4.79 Å². The van der Waals surface area contributed by atoms with E-state index in [9.17, 15) is 4.79 Å². The summed E-state index contributed by atoms with van der Waals surface area (Å²) >= 11 is 1.72. The average Bonchev–Trinajstić information content (AvgIpc) is 2.97. The van der Waals surface area contributed by atoms with Gasteiger partial charge in [0, 0.05) is 23.1 Å². The number of benzene rings is 1. The number of ether oxygens (including phenoxy) is 1. The van der Waals surface area contributed by atoms with Crippen LogP contribution in [0.2, 0.25) is 0 Å². The molecular weight excluding hydrogens is 294 g/mol. The molecule has 0 bridgehead atoms. The molecule has 116 valence electrons. The fourth-order valence-corrected chi connectivity index (χ4v) is 3.04. The Hall–Kier alpha value is -1.94. The van der Waals surface area contributed by atoms with Crippen LogP contribution in [0.1, 0.15) is 38.0 Å². The first-order valence-electron chi connectivity index (χ1n) is 7.60. The molecule has 1 heterocycles. The number of aromatic nitrogens is 1. The number of esters is 1. The number of allylic oxidation sites excluding steroid dienone is 2. The van der Waals surface area contributed by atoms with Crippen LogP contribution in [0, 0.1) is 0 Å². The molecule has 0 atom stereocenters. The number of hydrogen-bond donors (Lipinski definition) is 0. The van der Waals surface area contributed by atoms with E-state index in [4.69, 9.17) is 4.74 Å². The summed E-state index contributed by atoms with van der Waals surface area (Å²) in [7, 11) is 0. The van der Waals surface area contributed by atoms with Gasteiger partial charge in [-0.25, -0.2) is 4.98 Å². The predicted octanol–water partition coefficient (Wildman–Crippen LogP) is 5.02. The Bertz CT molecular complexity index is 629. The Labute approximate surface area is 135 Å². The zero-order valence-electron chi connectivity index (χ0n) is 13.0. The molecule has 0 N–H and O–H groups in total. The van der Waals surface area contributed by atoms with Gasteiger partial charge in [0.15, 0.2) is 0 Å². The van der Waals surface area contributed by atoms with Gasteiger partial charge in [-0.15, -0.1) is 11.3 Å². The molecule has 0 fully saturated rings. The highest BCUT2D eigenvalue weighted by molar-refractivity contribution is 7.15. The highest BCUT2D eigenvalue weighted by Crippen LogP contribution is 2.27. The lowest BCUT2D eigenvalue weighted by atomic mass is 10.2. The van der Waals surface area contributed by atoms with Crippen LogP contribution in [0.25, 0.3) is 10.6 Å². The lowest BCUT2D eigenvalue weighted by Crippen LogP contribution is -2.06. The summed E-state index contributed by atoms with van der Waals surface area (Å²) < 4.78 is 5.31. The van der Waals surface area contributed by atoms with Crippen LogP contribution >= 0.6 is 11.3 Å². The molecular formula is C18H21NO2S. The molecule has 3 nitrogen and oxygen atoms in total. The van der Waals surface area contributed by atoms with E-state index in [1.165, 1.54) is 4.88 Å². The van der Waals surface area contributed by atoms with Gasteiger partial charge in [-0.2, -0.15) is 0 Å². The SMILES string of the molecule is CC=CCCC(=O)Oc1ccc(-c2ncc(CCC)s2)cc1. The minimum absolute atomic E-state index is 0.203. The number of carbonyl (C=O) groups is 1. The van der Waals surface area contributed by atoms with Crippen LogP contribution in [0.5, 0.6) is 5.75 Å². The summed E-state index contributed by atoms with van der Waals surface area (Å²) in [4.78, 5) is 17.4. The van der Waals surface area contributed by atoms with Crippen molar-refractivity contribution in [3.05, 3.63) is 47.5 Å². The second-order valence-corrected chi connectivity index (χ2v) is 6.10. The zero-order chi connectivity index (χ0) is 15.8. The Morgan fingerprint density at radius 1 is 1.32 bits per heavy atom. The minimum Gasteiger partial charge on any atom is -0.427 e. The summed E-state index contributed by atoms with van der Waals surface area (Å²) in [6.45, 7) is 4.10. The predicted molar refractivity (Wildman–Crippen MR) is 91.2 cm³/mol. The van der Waals surface area contributed by atoms with Gasteiger partial charge < -0.3 is 4.74 Å². The topological polar surface area (TPSA) is 39.2 Å². The summed E-state index contributed by atoms with van der Waals surface area (Å²) in [5.74, 6) is 0.380.